The highest BCUT2D eigenvalue weighted by atomic mass is 32.2. The summed E-state index contributed by atoms with van der Waals surface area (Å²) < 4.78 is 19.5. The van der Waals surface area contributed by atoms with Crippen molar-refractivity contribution in [3.05, 3.63) is 107 Å². The van der Waals surface area contributed by atoms with Crippen molar-refractivity contribution >= 4 is 33.2 Å². The molecular formula is C31H30N6O5S. The molecule has 0 aliphatic heterocycles. The van der Waals surface area contributed by atoms with Gasteiger partial charge in [-0.05, 0) is 62.4 Å². The van der Waals surface area contributed by atoms with Crippen molar-refractivity contribution in [3.8, 4) is 11.8 Å². The first-order valence-corrected chi connectivity index (χ1v) is 15.0. The monoisotopic (exact) mass is 598 g/mol. The molecule has 2 aromatic carbocycles. The Labute approximate surface area is 249 Å². The van der Waals surface area contributed by atoms with Gasteiger partial charge in [0.15, 0.2) is 0 Å². The third-order valence-electron chi connectivity index (χ3n) is 6.08. The molecule has 1 unspecified atom stereocenters. The number of hydrogen-bond donors (Lipinski definition) is 3. The van der Waals surface area contributed by atoms with Gasteiger partial charge in [0.1, 0.15) is 5.69 Å². The molecule has 11 nitrogen and oxygen atoms in total. The largest absolute Gasteiger partial charge is 0.480 e. The maximum Gasteiger partial charge on any atom is 0.317 e. The third kappa shape index (κ3) is 8.68. The molecule has 2 aromatic heterocycles. The van der Waals surface area contributed by atoms with Crippen molar-refractivity contribution < 1.29 is 23.7 Å². The third-order valence-corrected chi connectivity index (χ3v) is 8.40. The number of carbonyl (C=O) groups excluding carboxylic acids is 2. The molecule has 1 atom stereocenters. The average Bonchev–Trinajstić information content (AvgIpc) is 3.34. The number of carboxylic acid groups (broad SMARTS) is 1. The van der Waals surface area contributed by atoms with E-state index in [2.05, 4.69) is 36.9 Å². The SMILES string of the molecule is Cc1cc(C(=O)Nc2cccc(C#Cc3cncc(C(=O)N=S(=O)(CCCNCC(=O)O)c4ccccc4)c3)c2)n(C)n1. The van der Waals surface area contributed by atoms with Crippen LogP contribution in [0.5, 0.6) is 0 Å². The number of carboxylic acids is 1. The molecule has 0 spiro atoms. The van der Waals surface area contributed by atoms with Gasteiger partial charge in [0.2, 0.25) is 0 Å². The van der Waals surface area contributed by atoms with E-state index in [0.717, 1.165) is 5.69 Å². The summed E-state index contributed by atoms with van der Waals surface area (Å²) in [6, 6.07) is 18.8. The van der Waals surface area contributed by atoms with Gasteiger partial charge in [0.05, 0.1) is 27.5 Å². The number of nitrogens with zero attached hydrogens (tertiary/aromatic N) is 4. The van der Waals surface area contributed by atoms with E-state index in [4.69, 9.17) is 5.11 Å². The maximum absolute atomic E-state index is 13.9. The number of pyridine rings is 1. The molecule has 0 fully saturated rings. The Bertz CT molecular complexity index is 1830. The van der Waals surface area contributed by atoms with Crippen molar-refractivity contribution in [2.75, 3.05) is 24.2 Å². The fraction of sp³-hybridized carbons (Fsp3) is 0.194. The Morgan fingerprint density at radius 3 is 2.49 bits per heavy atom. The molecule has 4 rings (SSSR count). The van der Waals surface area contributed by atoms with Crippen LogP contribution in [0.2, 0.25) is 0 Å². The Morgan fingerprint density at radius 1 is 1.00 bits per heavy atom. The number of amides is 2. The number of anilines is 1. The number of aliphatic carboxylic acids is 1. The van der Waals surface area contributed by atoms with Gasteiger partial charge in [-0.25, -0.2) is 4.21 Å². The maximum atomic E-state index is 13.9. The minimum atomic E-state index is -3.14. The lowest BCUT2D eigenvalue weighted by Crippen LogP contribution is -2.25. The lowest BCUT2D eigenvalue weighted by molar-refractivity contribution is -0.135. The number of benzene rings is 2. The van der Waals surface area contributed by atoms with Gasteiger partial charge in [0, 0.05) is 46.9 Å². The zero-order valence-corrected chi connectivity index (χ0v) is 24.4. The lowest BCUT2D eigenvalue weighted by atomic mass is 10.1. The standard InChI is InChI=1S/C31H30N6O5S/c1-22-16-28(37(2)35-22)31(41)34-26-9-6-8-23(18-26)12-13-24-17-25(20-33-19-24)30(40)36-43(42,27-10-4-3-5-11-27)15-7-14-32-21-29(38)39/h3-6,8-11,16-20,32H,7,14-15,21H2,1-2H3,(H,34,41)(H,38,39). The first-order valence-electron chi connectivity index (χ1n) is 13.3. The first kappa shape index (κ1) is 30.8. The molecule has 0 saturated heterocycles. The van der Waals surface area contributed by atoms with Crippen LogP contribution in [0.1, 0.15) is 44.1 Å². The van der Waals surface area contributed by atoms with E-state index in [1.54, 1.807) is 67.7 Å². The summed E-state index contributed by atoms with van der Waals surface area (Å²) in [6.45, 7) is 1.90. The fourth-order valence-corrected chi connectivity index (χ4v) is 6.01. The highest BCUT2D eigenvalue weighted by Crippen LogP contribution is 2.17. The quantitative estimate of drug-likeness (QED) is 0.185. The molecule has 12 heteroatoms. The zero-order valence-electron chi connectivity index (χ0n) is 23.6. The van der Waals surface area contributed by atoms with E-state index in [1.807, 2.05) is 6.92 Å². The molecule has 2 heterocycles. The average molecular weight is 599 g/mol. The number of aryl methyl sites for hydroxylation is 2. The number of hydrogen-bond acceptors (Lipinski definition) is 7. The minimum absolute atomic E-state index is 0.0649. The molecule has 220 valence electrons. The highest BCUT2D eigenvalue weighted by Gasteiger charge is 2.17. The summed E-state index contributed by atoms with van der Waals surface area (Å²) in [5, 5.41) is 18.6. The number of rotatable bonds is 10. The summed E-state index contributed by atoms with van der Waals surface area (Å²) in [5.41, 5.74) is 2.94. The van der Waals surface area contributed by atoms with Crippen LogP contribution in [0.25, 0.3) is 0 Å². The summed E-state index contributed by atoms with van der Waals surface area (Å²) in [5.74, 6) is 4.07. The number of aromatic nitrogens is 3. The van der Waals surface area contributed by atoms with Crippen LogP contribution in [0, 0.1) is 18.8 Å². The van der Waals surface area contributed by atoms with Gasteiger partial charge in [-0.3, -0.25) is 24.0 Å². The molecule has 0 saturated carbocycles. The Morgan fingerprint density at radius 2 is 1.77 bits per heavy atom. The molecule has 0 bridgehead atoms. The summed E-state index contributed by atoms with van der Waals surface area (Å²) in [6.07, 6.45) is 3.19. The minimum Gasteiger partial charge on any atom is -0.480 e. The van der Waals surface area contributed by atoms with E-state index in [0.29, 0.717) is 40.4 Å². The predicted molar refractivity (Wildman–Crippen MR) is 162 cm³/mol. The highest BCUT2D eigenvalue weighted by molar-refractivity contribution is 7.94. The predicted octanol–water partition coefficient (Wildman–Crippen LogP) is 3.51. The molecule has 2 amide bonds. The Hall–Kier alpha value is -5.12. The second-order valence-electron chi connectivity index (χ2n) is 9.52. The van der Waals surface area contributed by atoms with Crippen LogP contribution < -0.4 is 10.6 Å². The van der Waals surface area contributed by atoms with Gasteiger partial charge in [-0.2, -0.15) is 9.46 Å². The fourth-order valence-electron chi connectivity index (χ4n) is 4.09. The van der Waals surface area contributed by atoms with E-state index in [-0.39, 0.29) is 23.8 Å². The molecule has 0 aliphatic carbocycles. The van der Waals surface area contributed by atoms with Crippen LogP contribution in [-0.4, -0.2) is 60.7 Å². The second-order valence-corrected chi connectivity index (χ2v) is 11.9. The molecular weight excluding hydrogens is 568 g/mol. The van der Waals surface area contributed by atoms with Crippen LogP contribution in [-0.2, 0) is 21.6 Å². The molecule has 0 radical (unpaired) electrons. The molecule has 3 N–H and O–H groups in total. The van der Waals surface area contributed by atoms with E-state index in [9.17, 15) is 18.6 Å². The summed E-state index contributed by atoms with van der Waals surface area (Å²) >= 11 is 0. The van der Waals surface area contributed by atoms with Gasteiger partial charge < -0.3 is 15.7 Å². The van der Waals surface area contributed by atoms with Crippen LogP contribution >= 0.6 is 0 Å². The molecule has 43 heavy (non-hydrogen) atoms. The number of nitrogens with one attached hydrogen (secondary N) is 2. The zero-order chi connectivity index (χ0) is 30.8. The van der Waals surface area contributed by atoms with Crippen molar-refractivity contribution in [2.45, 2.75) is 18.2 Å². The number of carbonyl (C=O) groups is 3. The second kappa shape index (κ2) is 14.2. The van der Waals surface area contributed by atoms with Crippen molar-refractivity contribution in [3.63, 3.8) is 0 Å². The Balaban J connectivity index is 1.51. The van der Waals surface area contributed by atoms with Crippen molar-refractivity contribution in [2.24, 2.45) is 11.4 Å². The van der Waals surface area contributed by atoms with Crippen molar-refractivity contribution in [1.29, 1.82) is 0 Å². The van der Waals surface area contributed by atoms with E-state index < -0.39 is 21.6 Å². The summed E-state index contributed by atoms with van der Waals surface area (Å²) in [7, 11) is -1.43. The van der Waals surface area contributed by atoms with Gasteiger partial charge in [0.25, 0.3) is 11.8 Å². The summed E-state index contributed by atoms with van der Waals surface area (Å²) in [4.78, 5) is 41.1. The smallest absolute Gasteiger partial charge is 0.317 e. The Kier molecular flexibility index (Phi) is 10.2. The first-order chi connectivity index (χ1) is 20.6. The lowest BCUT2D eigenvalue weighted by Gasteiger charge is -2.10. The van der Waals surface area contributed by atoms with E-state index >= 15 is 0 Å². The van der Waals surface area contributed by atoms with Crippen LogP contribution in [0.4, 0.5) is 5.69 Å². The van der Waals surface area contributed by atoms with Gasteiger partial charge in [-0.15, -0.1) is 0 Å². The van der Waals surface area contributed by atoms with E-state index in [1.165, 1.54) is 23.1 Å². The van der Waals surface area contributed by atoms with Crippen LogP contribution in [0.15, 0.2) is 88.4 Å². The normalized spacial score (nSPS) is 12.0. The van der Waals surface area contributed by atoms with Gasteiger partial charge >= 0.3 is 5.97 Å². The van der Waals surface area contributed by atoms with Crippen LogP contribution in [0.3, 0.4) is 0 Å². The topological polar surface area (TPSA) is 156 Å². The molecule has 4 aromatic rings. The molecule has 0 aliphatic rings. The van der Waals surface area contributed by atoms with Crippen molar-refractivity contribution in [1.82, 2.24) is 20.1 Å². The van der Waals surface area contributed by atoms with Gasteiger partial charge in [-0.1, -0.05) is 36.1 Å².